The zero-order valence-electron chi connectivity index (χ0n) is 14.9. The van der Waals surface area contributed by atoms with Gasteiger partial charge in [0.1, 0.15) is 5.41 Å². The number of carboxylic acids is 1. The number of carboxylic acid groups (broad SMARTS) is 1. The number of nitrogens with zero attached hydrogens (tertiary/aromatic N) is 1. The van der Waals surface area contributed by atoms with Gasteiger partial charge in [0.2, 0.25) is 5.91 Å². The molecule has 0 bridgehead atoms. The molecule has 0 aromatic carbocycles. The van der Waals surface area contributed by atoms with Crippen molar-refractivity contribution in [3.8, 4) is 0 Å². The number of carbonyl (C=O) groups excluding carboxylic acids is 2. The average molecular weight is 355 g/mol. The number of amides is 3. The summed E-state index contributed by atoms with van der Waals surface area (Å²) in [6.45, 7) is 0.563. The summed E-state index contributed by atoms with van der Waals surface area (Å²) in [6, 6.07) is -0.154. The second-order valence-electron chi connectivity index (χ2n) is 7.10. The van der Waals surface area contributed by atoms with Crippen LogP contribution in [0, 0.1) is 5.41 Å². The quantitative estimate of drug-likeness (QED) is 0.658. The van der Waals surface area contributed by atoms with Crippen LogP contribution in [-0.4, -0.2) is 67.3 Å². The molecule has 1 heterocycles. The number of hydrogen-bond donors (Lipinski definition) is 3. The fourth-order valence-electron chi connectivity index (χ4n) is 3.73. The highest BCUT2D eigenvalue weighted by atomic mass is 16.5. The van der Waals surface area contributed by atoms with Crippen molar-refractivity contribution in [1.82, 2.24) is 15.5 Å². The SMILES string of the molecule is COCC1(C(=O)O)CCCN(C(=O)CNC(=O)NC2CCCCC2)C1. The van der Waals surface area contributed by atoms with Gasteiger partial charge in [-0.3, -0.25) is 9.59 Å². The molecule has 0 aromatic rings. The minimum Gasteiger partial charge on any atom is -0.481 e. The molecule has 2 fully saturated rings. The standard InChI is InChI=1S/C17H29N3O5/c1-25-12-17(15(22)23)8-5-9-20(11-17)14(21)10-18-16(24)19-13-6-3-2-4-7-13/h13H,2-12H2,1H3,(H,22,23)(H2,18,19,24). The first-order valence-electron chi connectivity index (χ1n) is 9.01. The molecule has 2 aliphatic rings. The number of urea groups is 1. The number of likely N-dealkylation sites (tertiary alicyclic amines) is 1. The van der Waals surface area contributed by atoms with E-state index in [0.29, 0.717) is 19.4 Å². The maximum Gasteiger partial charge on any atom is 0.315 e. The van der Waals surface area contributed by atoms with Crippen LogP contribution < -0.4 is 10.6 Å². The van der Waals surface area contributed by atoms with Crippen molar-refractivity contribution >= 4 is 17.9 Å². The summed E-state index contributed by atoms with van der Waals surface area (Å²) in [5.41, 5.74) is -1.06. The Morgan fingerprint density at radius 3 is 2.56 bits per heavy atom. The Hall–Kier alpha value is -1.83. The van der Waals surface area contributed by atoms with Crippen molar-refractivity contribution in [1.29, 1.82) is 0 Å². The van der Waals surface area contributed by atoms with Crippen LogP contribution in [0.4, 0.5) is 4.79 Å². The van der Waals surface area contributed by atoms with E-state index in [1.54, 1.807) is 0 Å². The first-order chi connectivity index (χ1) is 12.0. The number of nitrogens with one attached hydrogen (secondary N) is 2. The topological polar surface area (TPSA) is 108 Å². The predicted octanol–water partition coefficient (Wildman–Crippen LogP) is 0.958. The van der Waals surface area contributed by atoms with E-state index in [-0.39, 0.29) is 37.7 Å². The Morgan fingerprint density at radius 1 is 1.20 bits per heavy atom. The molecule has 1 atom stereocenters. The van der Waals surface area contributed by atoms with Crippen LogP contribution in [0.25, 0.3) is 0 Å². The average Bonchev–Trinajstić information content (AvgIpc) is 2.61. The highest BCUT2D eigenvalue weighted by Crippen LogP contribution is 2.30. The lowest BCUT2D eigenvalue weighted by molar-refractivity contribution is -0.158. The maximum atomic E-state index is 12.4. The Labute approximate surface area is 148 Å². The Kier molecular flexibility index (Phi) is 7.04. The summed E-state index contributed by atoms with van der Waals surface area (Å²) in [6.07, 6.45) is 6.49. The van der Waals surface area contributed by atoms with E-state index >= 15 is 0 Å². The number of ether oxygens (including phenoxy) is 1. The van der Waals surface area contributed by atoms with Gasteiger partial charge in [-0.15, -0.1) is 0 Å². The number of rotatable bonds is 6. The van der Waals surface area contributed by atoms with E-state index in [1.165, 1.54) is 18.4 Å². The van der Waals surface area contributed by atoms with Crippen LogP contribution >= 0.6 is 0 Å². The molecular weight excluding hydrogens is 326 g/mol. The summed E-state index contributed by atoms with van der Waals surface area (Å²) in [5.74, 6) is -1.21. The molecule has 1 aliphatic carbocycles. The van der Waals surface area contributed by atoms with Gasteiger partial charge in [0.15, 0.2) is 0 Å². The Bertz CT molecular complexity index is 489. The summed E-state index contributed by atoms with van der Waals surface area (Å²) in [4.78, 5) is 37.4. The fraction of sp³-hybridized carbons (Fsp3) is 0.824. The van der Waals surface area contributed by atoms with Gasteiger partial charge in [-0.2, -0.15) is 0 Å². The molecule has 1 saturated heterocycles. The second-order valence-corrected chi connectivity index (χ2v) is 7.10. The van der Waals surface area contributed by atoms with Crippen LogP contribution in [0.1, 0.15) is 44.9 Å². The molecule has 0 aromatic heterocycles. The molecule has 1 unspecified atom stereocenters. The van der Waals surface area contributed by atoms with E-state index < -0.39 is 11.4 Å². The van der Waals surface area contributed by atoms with Crippen molar-refractivity contribution in [3.63, 3.8) is 0 Å². The summed E-state index contributed by atoms with van der Waals surface area (Å²) >= 11 is 0. The smallest absolute Gasteiger partial charge is 0.315 e. The molecular formula is C17H29N3O5. The number of piperidine rings is 1. The lowest BCUT2D eigenvalue weighted by Gasteiger charge is -2.39. The third kappa shape index (κ3) is 5.32. The van der Waals surface area contributed by atoms with Gasteiger partial charge in [0.05, 0.1) is 13.2 Å². The fourth-order valence-corrected chi connectivity index (χ4v) is 3.73. The van der Waals surface area contributed by atoms with Crippen LogP contribution in [0.3, 0.4) is 0 Å². The van der Waals surface area contributed by atoms with Crippen LogP contribution in [-0.2, 0) is 14.3 Å². The monoisotopic (exact) mass is 355 g/mol. The van der Waals surface area contributed by atoms with Crippen molar-refractivity contribution in [2.45, 2.75) is 51.0 Å². The molecule has 8 heteroatoms. The third-order valence-corrected chi connectivity index (χ3v) is 5.14. The van der Waals surface area contributed by atoms with Gasteiger partial charge >= 0.3 is 12.0 Å². The lowest BCUT2D eigenvalue weighted by atomic mass is 9.80. The molecule has 3 N–H and O–H groups in total. The maximum absolute atomic E-state index is 12.4. The molecule has 142 valence electrons. The zero-order valence-corrected chi connectivity index (χ0v) is 14.9. The Balaban J connectivity index is 1.81. The van der Waals surface area contributed by atoms with E-state index in [1.807, 2.05) is 0 Å². The van der Waals surface area contributed by atoms with E-state index in [2.05, 4.69) is 10.6 Å². The molecule has 0 spiro atoms. The largest absolute Gasteiger partial charge is 0.481 e. The van der Waals surface area contributed by atoms with Crippen LogP contribution in [0.2, 0.25) is 0 Å². The summed E-state index contributed by atoms with van der Waals surface area (Å²) < 4.78 is 5.06. The first-order valence-corrected chi connectivity index (χ1v) is 9.01. The van der Waals surface area contributed by atoms with Crippen LogP contribution in [0.15, 0.2) is 0 Å². The number of carbonyl (C=O) groups is 3. The third-order valence-electron chi connectivity index (χ3n) is 5.14. The van der Waals surface area contributed by atoms with Gasteiger partial charge < -0.3 is 25.4 Å². The molecule has 1 saturated carbocycles. The predicted molar refractivity (Wildman–Crippen MR) is 91.2 cm³/mol. The number of hydrogen-bond acceptors (Lipinski definition) is 4. The number of aliphatic carboxylic acids is 1. The van der Waals surface area contributed by atoms with E-state index in [0.717, 1.165) is 25.7 Å². The van der Waals surface area contributed by atoms with Gasteiger partial charge in [0.25, 0.3) is 0 Å². The van der Waals surface area contributed by atoms with Gasteiger partial charge in [0, 0.05) is 26.2 Å². The molecule has 2 rings (SSSR count). The highest BCUT2D eigenvalue weighted by molar-refractivity contribution is 5.85. The van der Waals surface area contributed by atoms with E-state index in [9.17, 15) is 19.5 Å². The molecule has 0 radical (unpaired) electrons. The van der Waals surface area contributed by atoms with Gasteiger partial charge in [-0.1, -0.05) is 19.3 Å². The van der Waals surface area contributed by atoms with Crippen molar-refractivity contribution in [2.24, 2.45) is 5.41 Å². The number of methoxy groups -OCH3 is 1. The second kappa shape index (κ2) is 9.03. The molecule has 8 nitrogen and oxygen atoms in total. The normalized spacial score (nSPS) is 24.6. The molecule has 1 aliphatic heterocycles. The lowest BCUT2D eigenvalue weighted by Crippen LogP contribution is -2.54. The minimum atomic E-state index is -1.06. The summed E-state index contributed by atoms with van der Waals surface area (Å²) in [5, 5.41) is 15.0. The molecule has 25 heavy (non-hydrogen) atoms. The van der Waals surface area contributed by atoms with Gasteiger partial charge in [-0.05, 0) is 25.7 Å². The van der Waals surface area contributed by atoms with Crippen molar-refractivity contribution in [2.75, 3.05) is 33.4 Å². The minimum absolute atomic E-state index is 0.0711. The van der Waals surface area contributed by atoms with Gasteiger partial charge in [-0.25, -0.2) is 4.79 Å². The summed E-state index contributed by atoms with van der Waals surface area (Å²) in [7, 11) is 1.46. The van der Waals surface area contributed by atoms with Crippen LogP contribution in [0.5, 0.6) is 0 Å². The Morgan fingerprint density at radius 2 is 1.92 bits per heavy atom. The van der Waals surface area contributed by atoms with Crippen molar-refractivity contribution in [3.05, 3.63) is 0 Å². The first kappa shape index (κ1) is 19.5. The highest BCUT2D eigenvalue weighted by Gasteiger charge is 2.43. The van der Waals surface area contributed by atoms with Crippen molar-refractivity contribution < 1.29 is 24.2 Å². The van der Waals surface area contributed by atoms with E-state index in [4.69, 9.17) is 4.74 Å². The molecule has 3 amide bonds. The zero-order chi connectivity index (χ0) is 18.3.